The standard InChI is InChI=1S/C11H20N2O/c1-7-2-3-10-8(4-7)5-9(6-12)11(14)13-10/h7-10H,2-6,12H2,1H3,(H,13,14)/t7-,8+,9-,10-/m1/s1. The zero-order valence-corrected chi connectivity index (χ0v) is 8.83. The van der Waals surface area contributed by atoms with E-state index < -0.39 is 0 Å². The highest BCUT2D eigenvalue weighted by Crippen LogP contribution is 2.35. The van der Waals surface area contributed by atoms with Crippen molar-refractivity contribution in [3.05, 3.63) is 0 Å². The maximum Gasteiger partial charge on any atom is 0.224 e. The van der Waals surface area contributed by atoms with E-state index in [1.54, 1.807) is 0 Å². The van der Waals surface area contributed by atoms with Gasteiger partial charge in [-0.3, -0.25) is 4.79 Å². The molecule has 1 saturated carbocycles. The van der Waals surface area contributed by atoms with Crippen molar-refractivity contribution < 1.29 is 4.79 Å². The summed E-state index contributed by atoms with van der Waals surface area (Å²) in [6.07, 6.45) is 4.70. The molecule has 0 spiro atoms. The molecule has 80 valence electrons. The maximum atomic E-state index is 11.6. The second-order valence-electron chi connectivity index (χ2n) is 4.96. The van der Waals surface area contributed by atoms with Gasteiger partial charge in [-0.2, -0.15) is 0 Å². The molecule has 0 aromatic rings. The number of hydrogen-bond acceptors (Lipinski definition) is 2. The molecule has 1 aliphatic heterocycles. The summed E-state index contributed by atoms with van der Waals surface area (Å²) in [5, 5.41) is 3.12. The van der Waals surface area contributed by atoms with Crippen molar-refractivity contribution >= 4 is 5.91 Å². The number of piperidine rings is 1. The summed E-state index contributed by atoms with van der Waals surface area (Å²) in [6.45, 7) is 2.81. The van der Waals surface area contributed by atoms with E-state index >= 15 is 0 Å². The number of nitrogens with two attached hydrogens (primary N) is 1. The van der Waals surface area contributed by atoms with Crippen LogP contribution in [0.2, 0.25) is 0 Å². The van der Waals surface area contributed by atoms with Gasteiger partial charge in [0.25, 0.3) is 0 Å². The highest BCUT2D eigenvalue weighted by Gasteiger charge is 2.37. The van der Waals surface area contributed by atoms with Crippen molar-refractivity contribution in [1.29, 1.82) is 0 Å². The fraction of sp³-hybridized carbons (Fsp3) is 0.909. The summed E-state index contributed by atoms with van der Waals surface area (Å²) in [5.74, 6) is 1.76. The zero-order valence-electron chi connectivity index (χ0n) is 8.83. The Kier molecular flexibility index (Phi) is 2.77. The molecule has 2 fully saturated rings. The molecule has 0 aromatic heterocycles. The maximum absolute atomic E-state index is 11.6. The van der Waals surface area contributed by atoms with Crippen LogP contribution in [0.4, 0.5) is 0 Å². The van der Waals surface area contributed by atoms with Crippen LogP contribution in [0.25, 0.3) is 0 Å². The first-order chi connectivity index (χ1) is 6.70. The Bertz CT molecular complexity index is 229. The van der Waals surface area contributed by atoms with Crippen LogP contribution in [0.1, 0.15) is 32.6 Å². The SMILES string of the molecule is C[C@@H]1CC[C@H]2NC(=O)[C@@H](CN)C[C@@H]2C1. The summed E-state index contributed by atoms with van der Waals surface area (Å²) in [7, 11) is 0. The van der Waals surface area contributed by atoms with Gasteiger partial charge in [-0.25, -0.2) is 0 Å². The summed E-state index contributed by atoms with van der Waals surface area (Å²) in [5.41, 5.74) is 5.59. The van der Waals surface area contributed by atoms with E-state index in [2.05, 4.69) is 12.2 Å². The largest absolute Gasteiger partial charge is 0.353 e. The van der Waals surface area contributed by atoms with E-state index in [4.69, 9.17) is 5.73 Å². The quantitative estimate of drug-likeness (QED) is 0.654. The first-order valence-corrected chi connectivity index (χ1v) is 5.71. The molecule has 1 aliphatic carbocycles. The molecule has 0 bridgehead atoms. The lowest BCUT2D eigenvalue weighted by Gasteiger charge is -2.41. The van der Waals surface area contributed by atoms with Crippen LogP contribution in [-0.2, 0) is 4.79 Å². The summed E-state index contributed by atoms with van der Waals surface area (Å²) in [4.78, 5) is 11.6. The van der Waals surface area contributed by atoms with Crippen LogP contribution < -0.4 is 11.1 Å². The van der Waals surface area contributed by atoms with Gasteiger partial charge < -0.3 is 11.1 Å². The average molecular weight is 196 g/mol. The van der Waals surface area contributed by atoms with Crippen molar-refractivity contribution in [2.24, 2.45) is 23.5 Å². The Morgan fingerprint density at radius 3 is 2.93 bits per heavy atom. The first kappa shape index (κ1) is 9.97. The van der Waals surface area contributed by atoms with Crippen molar-refractivity contribution in [1.82, 2.24) is 5.32 Å². The Morgan fingerprint density at radius 1 is 1.43 bits per heavy atom. The molecule has 0 unspecified atom stereocenters. The minimum atomic E-state index is 0.0709. The number of amides is 1. The van der Waals surface area contributed by atoms with Crippen LogP contribution in [0.15, 0.2) is 0 Å². The van der Waals surface area contributed by atoms with Crippen LogP contribution in [0.5, 0.6) is 0 Å². The van der Waals surface area contributed by atoms with Crippen LogP contribution >= 0.6 is 0 Å². The van der Waals surface area contributed by atoms with E-state index in [1.165, 1.54) is 12.8 Å². The van der Waals surface area contributed by atoms with Gasteiger partial charge in [-0.15, -0.1) is 0 Å². The zero-order chi connectivity index (χ0) is 10.1. The van der Waals surface area contributed by atoms with Gasteiger partial charge in [0.1, 0.15) is 0 Å². The average Bonchev–Trinajstić information content (AvgIpc) is 2.17. The highest BCUT2D eigenvalue weighted by atomic mass is 16.2. The van der Waals surface area contributed by atoms with E-state index in [0.29, 0.717) is 18.5 Å². The Hall–Kier alpha value is -0.570. The molecular formula is C11H20N2O. The molecular weight excluding hydrogens is 176 g/mol. The van der Waals surface area contributed by atoms with Crippen LogP contribution in [0, 0.1) is 17.8 Å². The monoisotopic (exact) mass is 196 g/mol. The van der Waals surface area contributed by atoms with Crippen molar-refractivity contribution in [3.8, 4) is 0 Å². The lowest BCUT2D eigenvalue weighted by molar-refractivity contribution is -0.129. The molecule has 0 aromatic carbocycles. The molecule has 2 rings (SSSR count). The van der Waals surface area contributed by atoms with Crippen molar-refractivity contribution in [3.63, 3.8) is 0 Å². The fourth-order valence-electron chi connectivity index (χ4n) is 2.93. The van der Waals surface area contributed by atoms with Crippen molar-refractivity contribution in [2.45, 2.75) is 38.6 Å². The first-order valence-electron chi connectivity index (χ1n) is 5.71. The van der Waals surface area contributed by atoms with Gasteiger partial charge in [0.05, 0.1) is 5.92 Å². The lowest BCUT2D eigenvalue weighted by Crippen LogP contribution is -2.53. The van der Waals surface area contributed by atoms with E-state index in [1.807, 2.05) is 0 Å². The topological polar surface area (TPSA) is 55.1 Å². The number of carbonyl (C=O) groups is 1. The minimum Gasteiger partial charge on any atom is -0.353 e. The molecule has 1 amide bonds. The number of fused-ring (bicyclic) bond motifs is 1. The number of carbonyl (C=O) groups excluding carboxylic acids is 1. The van der Waals surface area contributed by atoms with Gasteiger partial charge >= 0.3 is 0 Å². The van der Waals surface area contributed by atoms with E-state index in [0.717, 1.165) is 18.8 Å². The molecule has 3 N–H and O–H groups in total. The second kappa shape index (κ2) is 3.89. The van der Waals surface area contributed by atoms with Gasteiger partial charge in [-0.05, 0) is 37.5 Å². The van der Waals surface area contributed by atoms with E-state index in [-0.39, 0.29) is 11.8 Å². The lowest BCUT2D eigenvalue weighted by atomic mass is 9.72. The molecule has 1 saturated heterocycles. The molecule has 3 heteroatoms. The predicted molar refractivity (Wildman–Crippen MR) is 55.6 cm³/mol. The number of rotatable bonds is 1. The molecule has 14 heavy (non-hydrogen) atoms. The fourth-order valence-corrected chi connectivity index (χ4v) is 2.93. The molecule has 1 heterocycles. The van der Waals surface area contributed by atoms with Gasteiger partial charge in [-0.1, -0.05) is 6.92 Å². The molecule has 3 nitrogen and oxygen atoms in total. The second-order valence-corrected chi connectivity index (χ2v) is 4.96. The normalized spacial score (nSPS) is 42.9. The van der Waals surface area contributed by atoms with Gasteiger partial charge in [0.15, 0.2) is 0 Å². The third-order valence-corrected chi connectivity index (χ3v) is 3.81. The third kappa shape index (κ3) is 1.78. The number of nitrogens with one attached hydrogen (secondary N) is 1. The predicted octanol–water partition coefficient (Wildman–Crippen LogP) is 0.886. The van der Waals surface area contributed by atoms with Gasteiger partial charge in [0, 0.05) is 12.6 Å². The van der Waals surface area contributed by atoms with E-state index in [9.17, 15) is 4.79 Å². The Balaban J connectivity index is 2.01. The molecule has 2 aliphatic rings. The number of hydrogen-bond donors (Lipinski definition) is 2. The highest BCUT2D eigenvalue weighted by molar-refractivity contribution is 5.80. The van der Waals surface area contributed by atoms with Crippen LogP contribution in [0.3, 0.4) is 0 Å². The summed E-state index contributed by atoms with van der Waals surface area (Å²) in [6, 6.07) is 0.446. The van der Waals surface area contributed by atoms with Crippen molar-refractivity contribution in [2.75, 3.05) is 6.54 Å². The molecule has 0 radical (unpaired) electrons. The molecule has 4 atom stereocenters. The smallest absolute Gasteiger partial charge is 0.224 e. The third-order valence-electron chi connectivity index (χ3n) is 3.81. The summed E-state index contributed by atoms with van der Waals surface area (Å²) < 4.78 is 0. The van der Waals surface area contributed by atoms with Crippen LogP contribution in [-0.4, -0.2) is 18.5 Å². The van der Waals surface area contributed by atoms with Gasteiger partial charge in [0.2, 0.25) is 5.91 Å². The summed E-state index contributed by atoms with van der Waals surface area (Å²) >= 11 is 0. The Morgan fingerprint density at radius 2 is 2.21 bits per heavy atom. The Labute approximate surface area is 85.4 Å². The minimum absolute atomic E-state index is 0.0709.